The van der Waals surface area contributed by atoms with Crippen molar-refractivity contribution in [3.8, 4) is 5.75 Å². The highest BCUT2D eigenvalue weighted by molar-refractivity contribution is 6.31. The van der Waals surface area contributed by atoms with E-state index in [2.05, 4.69) is 11.1 Å². The summed E-state index contributed by atoms with van der Waals surface area (Å²) in [6.07, 6.45) is 4.97. The molecule has 0 saturated heterocycles. The molecule has 1 amide bonds. The minimum atomic E-state index is 0.0107. The summed E-state index contributed by atoms with van der Waals surface area (Å²) in [5.74, 6) is 0.733. The van der Waals surface area contributed by atoms with Gasteiger partial charge in [0.05, 0.1) is 0 Å². The summed E-state index contributed by atoms with van der Waals surface area (Å²) in [6, 6.07) is 13.6. The summed E-state index contributed by atoms with van der Waals surface area (Å²) in [5, 5.41) is 1.88. The van der Waals surface area contributed by atoms with E-state index in [4.69, 9.17) is 16.3 Å². The molecule has 1 aromatic heterocycles. The van der Waals surface area contributed by atoms with Crippen LogP contribution in [0, 0.1) is 6.92 Å². The van der Waals surface area contributed by atoms with Gasteiger partial charge in [0.15, 0.2) is 6.61 Å². The van der Waals surface area contributed by atoms with Crippen molar-refractivity contribution in [2.24, 2.45) is 0 Å². The number of ether oxygens (including phenoxy) is 1. The van der Waals surface area contributed by atoms with Crippen LogP contribution in [-0.4, -0.2) is 35.5 Å². The summed E-state index contributed by atoms with van der Waals surface area (Å²) < 4.78 is 5.61. The van der Waals surface area contributed by atoms with Crippen LogP contribution < -0.4 is 4.74 Å². The molecule has 0 fully saturated rings. The molecule has 4 nitrogen and oxygen atoms in total. The normalized spacial score (nSPS) is 14.3. The molecular weight excluding hydrogens is 360 g/mol. The number of aryl methyl sites for hydroxylation is 1. The molecular formula is C22H21ClN2O2. The number of halogens is 1. The minimum Gasteiger partial charge on any atom is -0.484 e. The number of carbonyl (C=O) groups is 1. The second kappa shape index (κ2) is 7.49. The van der Waals surface area contributed by atoms with Gasteiger partial charge in [-0.05, 0) is 43.2 Å². The lowest BCUT2D eigenvalue weighted by molar-refractivity contribution is -0.132. The molecule has 0 unspecified atom stereocenters. The predicted octanol–water partition coefficient (Wildman–Crippen LogP) is 4.82. The van der Waals surface area contributed by atoms with Gasteiger partial charge in [-0.2, -0.15) is 0 Å². The van der Waals surface area contributed by atoms with Crippen LogP contribution in [0.15, 0.2) is 54.7 Å². The molecule has 0 radical (unpaired) electrons. The fourth-order valence-electron chi connectivity index (χ4n) is 3.38. The zero-order chi connectivity index (χ0) is 18.8. The Labute approximate surface area is 163 Å². The van der Waals surface area contributed by atoms with Crippen LogP contribution in [0.3, 0.4) is 0 Å². The highest BCUT2D eigenvalue weighted by Gasteiger charge is 2.19. The van der Waals surface area contributed by atoms with Crippen molar-refractivity contribution in [1.82, 2.24) is 9.88 Å². The molecule has 2 heterocycles. The van der Waals surface area contributed by atoms with Gasteiger partial charge >= 0.3 is 0 Å². The first-order chi connectivity index (χ1) is 13.1. The van der Waals surface area contributed by atoms with Gasteiger partial charge in [-0.3, -0.25) is 4.79 Å². The molecule has 0 spiro atoms. The van der Waals surface area contributed by atoms with Crippen molar-refractivity contribution < 1.29 is 9.53 Å². The van der Waals surface area contributed by atoms with Gasteiger partial charge in [0, 0.05) is 40.8 Å². The lowest BCUT2D eigenvalue weighted by atomic mass is 9.99. The molecule has 0 aliphatic carbocycles. The molecule has 1 aliphatic rings. The Balaban J connectivity index is 1.40. The lowest BCUT2D eigenvalue weighted by Crippen LogP contribution is -2.37. The first-order valence-corrected chi connectivity index (χ1v) is 9.41. The van der Waals surface area contributed by atoms with Crippen LogP contribution in [0.5, 0.6) is 5.75 Å². The monoisotopic (exact) mass is 380 g/mol. The molecule has 1 aliphatic heterocycles. The number of rotatable bonds is 4. The van der Waals surface area contributed by atoms with Crippen molar-refractivity contribution in [3.05, 3.63) is 70.9 Å². The Morgan fingerprint density at radius 1 is 1.22 bits per heavy atom. The predicted molar refractivity (Wildman–Crippen MR) is 109 cm³/mol. The largest absolute Gasteiger partial charge is 0.484 e. The van der Waals surface area contributed by atoms with E-state index in [1.807, 2.05) is 60.5 Å². The van der Waals surface area contributed by atoms with E-state index in [1.54, 1.807) is 0 Å². The Bertz CT molecular complexity index is 1000. The van der Waals surface area contributed by atoms with Crippen LogP contribution in [0.25, 0.3) is 16.5 Å². The number of aromatic amines is 1. The number of benzene rings is 2. The van der Waals surface area contributed by atoms with E-state index in [9.17, 15) is 4.79 Å². The van der Waals surface area contributed by atoms with Crippen LogP contribution in [0.2, 0.25) is 5.02 Å². The number of aromatic nitrogens is 1. The Kier molecular flexibility index (Phi) is 4.90. The SMILES string of the molecule is Cc1ccc(OCC(=O)N2CC=C(c3c[nH]c4cc(Cl)ccc34)CC2)cc1. The summed E-state index contributed by atoms with van der Waals surface area (Å²) in [5.41, 5.74) is 4.64. The highest BCUT2D eigenvalue weighted by Crippen LogP contribution is 2.30. The number of amides is 1. The summed E-state index contributed by atoms with van der Waals surface area (Å²) in [6.45, 7) is 3.39. The van der Waals surface area contributed by atoms with E-state index in [1.165, 1.54) is 16.7 Å². The van der Waals surface area contributed by atoms with Crippen LogP contribution in [0.1, 0.15) is 17.5 Å². The molecule has 0 atom stereocenters. The Morgan fingerprint density at radius 2 is 2.04 bits per heavy atom. The number of fused-ring (bicyclic) bond motifs is 1. The van der Waals surface area contributed by atoms with Crippen molar-refractivity contribution in [3.63, 3.8) is 0 Å². The lowest BCUT2D eigenvalue weighted by Gasteiger charge is -2.26. The molecule has 4 rings (SSSR count). The van der Waals surface area contributed by atoms with E-state index in [0.29, 0.717) is 13.1 Å². The zero-order valence-electron chi connectivity index (χ0n) is 15.2. The first-order valence-electron chi connectivity index (χ1n) is 9.03. The third kappa shape index (κ3) is 3.86. The fraction of sp³-hybridized carbons (Fsp3) is 0.227. The van der Waals surface area contributed by atoms with Crippen molar-refractivity contribution in [1.29, 1.82) is 0 Å². The summed E-state index contributed by atoms with van der Waals surface area (Å²) >= 11 is 6.06. The Morgan fingerprint density at radius 3 is 2.78 bits per heavy atom. The number of hydrogen-bond donors (Lipinski definition) is 1. The second-order valence-electron chi connectivity index (χ2n) is 6.81. The molecule has 0 bridgehead atoms. The average Bonchev–Trinajstić information content (AvgIpc) is 3.10. The number of hydrogen-bond acceptors (Lipinski definition) is 2. The minimum absolute atomic E-state index is 0.0107. The van der Waals surface area contributed by atoms with Crippen LogP contribution in [0.4, 0.5) is 0 Å². The summed E-state index contributed by atoms with van der Waals surface area (Å²) in [7, 11) is 0. The van der Waals surface area contributed by atoms with Crippen molar-refractivity contribution in [2.45, 2.75) is 13.3 Å². The third-order valence-electron chi connectivity index (χ3n) is 4.93. The van der Waals surface area contributed by atoms with Crippen LogP contribution >= 0.6 is 11.6 Å². The molecule has 1 N–H and O–H groups in total. The number of carbonyl (C=O) groups excluding carboxylic acids is 1. The first kappa shape index (κ1) is 17.7. The van der Waals surface area contributed by atoms with Gasteiger partial charge in [-0.15, -0.1) is 0 Å². The van der Waals surface area contributed by atoms with Gasteiger partial charge in [-0.1, -0.05) is 41.4 Å². The maximum Gasteiger partial charge on any atom is 0.260 e. The maximum atomic E-state index is 12.4. The van der Waals surface area contributed by atoms with Crippen molar-refractivity contribution >= 4 is 34.0 Å². The number of H-pyrrole nitrogens is 1. The molecule has 5 heteroatoms. The molecule has 27 heavy (non-hydrogen) atoms. The van der Waals surface area contributed by atoms with Gasteiger partial charge in [0.25, 0.3) is 5.91 Å². The molecule has 2 aromatic carbocycles. The van der Waals surface area contributed by atoms with E-state index in [0.717, 1.165) is 28.1 Å². The van der Waals surface area contributed by atoms with Crippen molar-refractivity contribution in [2.75, 3.05) is 19.7 Å². The number of nitrogens with zero attached hydrogens (tertiary/aromatic N) is 1. The topological polar surface area (TPSA) is 45.3 Å². The quantitative estimate of drug-likeness (QED) is 0.705. The molecule has 3 aromatic rings. The molecule has 0 saturated carbocycles. The zero-order valence-corrected chi connectivity index (χ0v) is 15.9. The highest BCUT2D eigenvalue weighted by atomic mass is 35.5. The number of nitrogens with one attached hydrogen (secondary N) is 1. The standard InChI is InChI=1S/C22H21ClN2O2/c1-15-2-5-18(6-3-15)27-14-22(26)25-10-8-16(9-11-25)20-13-24-21-12-17(23)4-7-19(20)21/h2-8,12-13,24H,9-11,14H2,1H3. The molecule has 138 valence electrons. The van der Waals surface area contributed by atoms with E-state index < -0.39 is 0 Å². The van der Waals surface area contributed by atoms with E-state index in [-0.39, 0.29) is 12.5 Å². The van der Waals surface area contributed by atoms with Gasteiger partial charge in [-0.25, -0.2) is 0 Å². The smallest absolute Gasteiger partial charge is 0.260 e. The fourth-order valence-corrected chi connectivity index (χ4v) is 3.55. The average molecular weight is 381 g/mol. The van der Waals surface area contributed by atoms with E-state index >= 15 is 0 Å². The Hall–Kier alpha value is -2.72. The maximum absolute atomic E-state index is 12.4. The summed E-state index contributed by atoms with van der Waals surface area (Å²) in [4.78, 5) is 17.5. The van der Waals surface area contributed by atoms with Gasteiger partial charge < -0.3 is 14.6 Å². The van der Waals surface area contributed by atoms with Gasteiger partial charge in [0.2, 0.25) is 0 Å². The van der Waals surface area contributed by atoms with Gasteiger partial charge in [0.1, 0.15) is 5.75 Å². The third-order valence-corrected chi connectivity index (χ3v) is 5.17. The second-order valence-corrected chi connectivity index (χ2v) is 7.25. The van der Waals surface area contributed by atoms with Crippen LogP contribution in [-0.2, 0) is 4.79 Å².